The maximum absolute atomic E-state index is 12.9. The van der Waals surface area contributed by atoms with Crippen molar-refractivity contribution >= 4 is 21.6 Å². The molecule has 0 aliphatic rings. The van der Waals surface area contributed by atoms with Crippen LogP contribution in [0, 0.1) is 5.82 Å². The summed E-state index contributed by atoms with van der Waals surface area (Å²) >= 11 is 5.51. The molecule has 1 rings (SSSR count). The molecule has 0 aliphatic heterocycles. The van der Waals surface area contributed by atoms with Crippen molar-refractivity contribution in [3.63, 3.8) is 0 Å². The standard InChI is InChI=1S/C10H13ClFNO3S/c1-2-7(6-14)13-17(15,16)8-3-4-10(12)9(11)5-8/h3-5,7,13-14H,2,6H2,1H3/t7-/m1/s1. The van der Waals surface area contributed by atoms with Gasteiger partial charge >= 0.3 is 0 Å². The summed E-state index contributed by atoms with van der Waals surface area (Å²) in [6.45, 7) is 1.44. The van der Waals surface area contributed by atoms with E-state index in [1.165, 1.54) is 0 Å². The van der Waals surface area contributed by atoms with Gasteiger partial charge in [-0.2, -0.15) is 0 Å². The summed E-state index contributed by atoms with van der Waals surface area (Å²) in [6, 6.07) is 2.57. The summed E-state index contributed by atoms with van der Waals surface area (Å²) < 4.78 is 38.8. The summed E-state index contributed by atoms with van der Waals surface area (Å²) in [4.78, 5) is -0.129. The first-order chi connectivity index (χ1) is 7.90. The van der Waals surface area contributed by atoms with Crippen LogP contribution in [0.1, 0.15) is 13.3 Å². The lowest BCUT2D eigenvalue weighted by molar-refractivity contribution is 0.254. The number of benzene rings is 1. The zero-order valence-corrected chi connectivity index (χ0v) is 10.7. The fourth-order valence-electron chi connectivity index (χ4n) is 1.18. The molecule has 0 fully saturated rings. The summed E-state index contributed by atoms with van der Waals surface area (Å²) in [5, 5.41) is 8.66. The molecular weight excluding hydrogens is 269 g/mol. The second kappa shape index (κ2) is 5.77. The molecule has 0 saturated heterocycles. The molecule has 0 amide bonds. The van der Waals surface area contributed by atoms with E-state index in [0.717, 1.165) is 18.2 Å². The smallest absolute Gasteiger partial charge is 0.240 e. The maximum atomic E-state index is 12.9. The van der Waals surface area contributed by atoms with E-state index in [1.807, 2.05) is 0 Å². The first kappa shape index (κ1) is 14.4. The molecule has 7 heteroatoms. The number of halogens is 2. The van der Waals surface area contributed by atoms with Crippen LogP contribution in [0.5, 0.6) is 0 Å². The van der Waals surface area contributed by atoms with Gasteiger partial charge in [0, 0.05) is 6.04 Å². The molecular formula is C10H13ClFNO3S. The average molecular weight is 282 g/mol. The Bertz CT molecular complexity index is 488. The number of aliphatic hydroxyl groups excluding tert-OH is 1. The van der Waals surface area contributed by atoms with Gasteiger partial charge in [0.1, 0.15) is 5.82 Å². The SMILES string of the molecule is CC[C@H](CO)NS(=O)(=O)c1ccc(F)c(Cl)c1. The molecule has 0 aromatic heterocycles. The van der Waals surface area contributed by atoms with Gasteiger partial charge in [-0.3, -0.25) is 0 Å². The quantitative estimate of drug-likeness (QED) is 0.860. The summed E-state index contributed by atoms with van der Waals surface area (Å²) in [5.41, 5.74) is 0. The molecule has 0 aliphatic carbocycles. The minimum absolute atomic E-state index is 0.129. The number of rotatable bonds is 5. The lowest BCUT2D eigenvalue weighted by atomic mass is 10.3. The van der Waals surface area contributed by atoms with E-state index >= 15 is 0 Å². The van der Waals surface area contributed by atoms with E-state index < -0.39 is 21.9 Å². The normalized spacial score (nSPS) is 13.6. The highest BCUT2D eigenvalue weighted by molar-refractivity contribution is 7.89. The van der Waals surface area contributed by atoms with Crippen molar-refractivity contribution in [3.05, 3.63) is 29.0 Å². The molecule has 0 heterocycles. The average Bonchev–Trinajstić information content (AvgIpc) is 2.29. The van der Waals surface area contributed by atoms with Gasteiger partial charge < -0.3 is 5.11 Å². The predicted molar refractivity (Wildman–Crippen MR) is 62.9 cm³/mol. The van der Waals surface area contributed by atoms with Crippen LogP contribution in [0.2, 0.25) is 5.02 Å². The van der Waals surface area contributed by atoms with Crippen LogP contribution in [0.4, 0.5) is 4.39 Å². The maximum Gasteiger partial charge on any atom is 0.240 e. The fraction of sp³-hybridized carbons (Fsp3) is 0.400. The lowest BCUT2D eigenvalue weighted by Crippen LogP contribution is -2.36. The molecule has 2 N–H and O–H groups in total. The molecule has 96 valence electrons. The van der Waals surface area contributed by atoms with Crippen molar-refractivity contribution in [3.8, 4) is 0 Å². The number of hydrogen-bond donors (Lipinski definition) is 2. The topological polar surface area (TPSA) is 66.4 Å². The van der Waals surface area contributed by atoms with E-state index in [-0.39, 0.29) is 16.5 Å². The van der Waals surface area contributed by atoms with Gasteiger partial charge in [-0.05, 0) is 24.6 Å². The Labute approximate surface area is 104 Å². The van der Waals surface area contributed by atoms with Crippen molar-refractivity contribution in [1.29, 1.82) is 0 Å². The largest absolute Gasteiger partial charge is 0.395 e. The van der Waals surface area contributed by atoms with Crippen LogP contribution in [0.3, 0.4) is 0 Å². The first-order valence-corrected chi connectivity index (χ1v) is 6.85. The van der Waals surface area contributed by atoms with Gasteiger partial charge in [-0.25, -0.2) is 17.5 Å². The Kier molecular flexibility index (Phi) is 4.88. The van der Waals surface area contributed by atoms with Crippen molar-refractivity contribution in [1.82, 2.24) is 4.72 Å². The third-order valence-corrected chi connectivity index (χ3v) is 4.04. The highest BCUT2D eigenvalue weighted by atomic mass is 35.5. The van der Waals surface area contributed by atoms with Crippen molar-refractivity contribution in [2.75, 3.05) is 6.61 Å². The second-order valence-corrected chi connectivity index (χ2v) is 5.61. The van der Waals surface area contributed by atoms with Crippen molar-refractivity contribution in [2.45, 2.75) is 24.3 Å². The van der Waals surface area contributed by atoms with Gasteiger partial charge in [-0.1, -0.05) is 18.5 Å². The molecule has 0 spiro atoms. The first-order valence-electron chi connectivity index (χ1n) is 4.99. The Hall–Kier alpha value is -0.690. The third kappa shape index (κ3) is 3.64. The van der Waals surface area contributed by atoms with Crippen LogP contribution < -0.4 is 4.72 Å². The van der Waals surface area contributed by atoms with Gasteiger partial charge in [0.25, 0.3) is 0 Å². The zero-order valence-electron chi connectivity index (χ0n) is 9.15. The number of sulfonamides is 1. The Morgan fingerprint density at radius 1 is 1.53 bits per heavy atom. The third-order valence-electron chi connectivity index (χ3n) is 2.24. The number of hydrogen-bond acceptors (Lipinski definition) is 3. The number of aliphatic hydroxyl groups is 1. The van der Waals surface area contributed by atoms with Gasteiger partial charge in [0.15, 0.2) is 0 Å². The Morgan fingerprint density at radius 3 is 2.65 bits per heavy atom. The lowest BCUT2D eigenvalue weighted by Gasteiger charge is -2.14. The minimum Gasteiger partial charge on any atom is -0.395 e. The van der Waals surface area contributed by atoms with Gasteiger partial charge in [-0.15, -0.1) is 0 Å². The Balaban J connectivity index is 3.01. The molecule has 17 heavy (non-hydrogen) atoms. The second-order valence-electron chi connectivity index (χ2n) is 3.48. The molecule has 0 radical (unpaired) electrons. The number of nitrogens with one attached hydrogen (secondary N) is 1. The van der Waals surface area contributed by atoms with Gasteiger partial charge in [0.2, 0.25) is 10.0 Å². The highest BCUT2D eigenvalue weighted by Gasteiger charge is 2.19. The van der Waals surface area contributed by atoms with E-state index in [0.29, 0.717) is 6.42 Å². The molecule has 0 unspecified atom stereocenters. The van der Waals surface area contributed by atoms with Crippen molar-refractivity contribution in [2.24, 2.45) is 0 Å². The Morgan fingerprint density at radius 2 is 2.18 bits per heavy atom. The monoisotopic (exact) mass is 281 g/mol. The minimum atomic E-state index is -3.78. The van der Waals surface area contributed by atoms with Crippen LogP contribution in [0.25, 0.3) is 0 Å². The van der Waals surface area contributed by atoms with E-state index in [9.17, 15) is 12.8 Å². The van der Waals surface area contributed by atoms with Crippen LogP contribution >= 0.6 is 11.6 Å². The summed E-state index contributed by atoms with van der Waals surface area (Å²) in [5.74, 6) is -0.681. The molecule has 1 atom stereocenters. The van der Waals surface area contributed by atoms with Crippen molar-refractivity contribution < 1.29 is 17.9 Å². The highest BCUT2D eigenvalue weighted by Crippen LogP contribution is 2.19. The molecule has 0 bridgehead atoms. The van der Waals surface area contributed by atoms with E-state index in [1.54, 1.807) is 6.92 Å². The van der Waals surface area contributed by atoms with E-state index in [2.05, 4.69) is 4.72 Å². The molecule has 1 aromatic carbocycles. The van der Waals surface area contributed by atoms with Crippen LogP contribution in [0.15, 0.2) is 23.1 Å². The summed E-state index contributed by atoms with van der Waals surface area (Å²) in [7, 11) is -3.78. The van der Waals surface area contributed by atoms with Crippen LogP contribution in [-0.4, -0.2) is 26.2 Å². The molecule has 0 saturated carbocycles. The molecule has 1 aromatic rings. The van der Waals surface area contributed by atoms with E-state index in [4.69, 9.17) is 16.7 Å². The zero-order chi connectivity index (χ0) is 13.1. The summed E-state index contributed by atoms with van der Waals surface area (Å²) in [6.07, 6.45) is 0.449. The van der Waals surface area contributed by atoms with Crippen LogP contribution in [-0.2, 0) is 10.0 Å². The molecule has 4 nitrogen and oxygen atoms in total. The predicted octanol–water partition coefficient (Wildman–Crippen LogP) is 1.53. The fourth-order valence-corrected chi connectivity index (χ4v) is 2.76. The van der Waals surface area contributed by atoms with Gasteiger partial charge in [0.05, 0.1) is 16.5 Å².